The van der Waals surface area contributed by atoms with Gasteiger partial charge >= 0.3 is 0 Å². The maximum Gasteiger partial charge on any atom is 0.214 e. The molecule has 1 atom stereocenters. The van der Waals surface area contributed by atoms with Crippen molar-refractivity contribution in [3.63, 3.8) is 0 Å². The number of nitrogens with one attached hydrogen (secondary N) is 1. The van der Waals surface area contributed by atoms with Crippen LogP contribution in [0.25, 0.3) is 0 Å². The van der Waals surface area contributed by atoms with Gasteiger partial charge in [-0.3, -0.25) is 0 Å². The number of piperidine rings is 1. The molecule has 96 valence electrons. The van der Waals surface area contributed by atoms with Crippen LogP contribution in [-0.2, 0) is 0 Å². The minimum atomic E-state index is 0.552. The third-order valence-electron chi connectivity index (χ3n) is 3.27. The van der Waals surface area contributed by atoms with Crippen molar-refractivity contribution in [1.29, 1.82) is 5.26 Å². The van der Waals surface area contributed by atoms with Gasteiger partial charge in [0.15, 0.2) is 0 Å². The first-order valence-corrected chi connectivity index (χ1v) is 6.58. The summed E-state index contributed by atoms with van der Waals surface area (Å²) in [7, 11) is 0. The first kappa shape index (κ1) is 12.8. The van der Waals surface area contributed by atoms with Crippen LogP contribution in [0.4, 0.5) is 0 Å². The fourth-order valence-electron chi connectivity index (χ4n) is 2.28. The van der Waals surface area contributed by atoms with E-state index >= 15 is 0 Å². The van der Waals surface area contributed by atoms with E-state index in [9.17, 15) is 0 Å². The Hall–Kier alpha value is -1.60. The average molecular weight is 245 g/mol. The lowest BCUT2D eigenvalue weighted by molar-refractivity contribution is 0.268. The van der Waals surface area contributed by atoms with E-state index in [1.165, 1.54) is 19.3 Å². The fourth-order valence-corrected chi connectivity index (χ4v) is 2.28. The zero-order valence-corrected chi connectivity index (χ0v) is 10.6. The largest absolute Gasteiger partial charge is 0.478 e. The van der Waals surface area contributed by atoms with E-state index in [1.807, 2.05) is 0 Å². The predicted octanol–water partition coefficient (Wildman–Crippen LogP) is 2.11. The molecule has 2 heterocycles. The average Bonchev–Trinajstić information content (AvgIpc) is 2.45. The molecule has 0 radical (unpaired) electrons. The lowest BCUT2D eigenvalue weighted by atomic mass is 9.95. The van der Waals surface area contributed by atoms with Crippen LogP contribution in [0.1, 0.15) is 31.2 Å². The number of aromatic nitrogens is 1. The Kier molecular flexibility index (Phi) is 4.98. The van der Waals surface area contributed by atoms with Crippen molar-refractivity contribution in [1.82, 2.24) is 10.3 Å². The Morgan fingerprint density at radius 1 is 1.56 bits per heavy atom. The molecule has 4 nitrogen and oxygen atoms in total. The van der Waals surface area contributed by atoms with E-state index in [2.05, 4.69) is 16.4 Å². The van der Waals surface area contributed by atoms with Crippen LogP contribution in [0.3, 0.4) is 0 Å². The highest BCUT2D eigenvalue weighted by atomic mass is 16.5. The highest BCUT2D eigenvalue weighted by Crippen LogP contribution is 2.16. The molecular formula is C14H19N3O. The molecule has 1 aliphatic heterocycles. The molecule has 2 rings (SSSR count). The maximum atomic E-state index is 8.76. The molecule has 0 unspecified atom stereocenters. The Labute approximate surface area is 108 Å². The van der Waals surface area contributed by atoms with Crippen molar-refractivity contribution in [2.75, 3.05) is 19.7 Å². The Morgan fingerprint density at radius 2 is 2.50 bits per heavy atom. The molecule has 1 aliphatic rings. The van der Waals surface area contributed by atoms with Gasteiger partial charge in [0, 0.05) is 12.3 Å². The van der Waals surface area contributed by atoms with Gasteiger partial charge in [-0.1, -0.05) is 0 Å². The quantitative estimate of drug-likeness (QED) is 0.807. The van der Waals surface area contributed by atoms with E-state index in [-0.39, 0.29) is 0 Å². The van der Waals surface area contributed by atoms with Gasteiger partial charge in [-0.05, 0) is 50.8 Å². The van der Waals surface area contributed by atoms with E-state index in [4.69, 9.17) is 10.00 Å². The van der Waals surface area contributed by atoms with Crippen molar-refractivity contribution in [3.05, 3.63) is 23.9 Å². The summed E-state index contributed by atoms with van der Waals surface area (Å²) in [5.41, 5.74) is 0.594. The van der Waals surface area contributed by atoms with E-state index < -0.39 is 0 Å². The van der Waals surface area contributed by atoms with Gasteiger partial charge in [0.05, 0.1) is 18.2 Å². The van der Waals surface area contributed by atoms with Crippen molar-refractivity contribution in [3.8, 4) is 11.9 Å². The van der Waals surface area contributed by atoms with Crippen molar-refractivity contribution in [2.24, 2.45) is 5.92 Å². The van der Waals surface area contributed by atoms with Crippen LogP contribution in [-0.4, -0.2) is 24.7 Å². The Bertz CT molecular complexity index is 408. The Balaban J connectivity index is 1.67. The normalized spacial score (nSPS) is 19.2. The number of ether oxygens (including phenoxy) is 1. The first-order chi connectivity index (χ1) is 8.88. The fraction of sp³-hybridized carbons (Fsp3) is 0.571. The van der Waals surface area contributed by atoms with Crippen LogP contribution in [0.2, 0.25) is 0 Å². The summed E-state index contributed by atoms with van der Waals surface area (Å²) in [6, 6.07) is 5.45. The summed E-state index contributed by atoms with van der Waals surface area (Å²) in [4.78, 5) is 4.09. The topological polar surface area (TPSA) is 57.9 Å². The SMILES string of the molecule is N#Cc1ccnc(OCCC[C@@H]2CCCNC2)c1. The van der Waals surface area contributed by atoms with E-state index in [1.54, 1.807) is 18.3 Å². The number of hydrogen-bond donors (Lipinski definition) is 1. The number of rotatable bonds is 5. The molecule has 1 aromatic rings. The van der Waals surface area contributed by atoms with Gasteiger partial charge in [0.25, 0.3) is 0 Å². The van der Waals surface area contributed by atoms with Gasteiger partial charge in [-0.15, -0.1) is 0 Å². The zero-order valence-electron chi connectivity index (χ0n) is 10.6. The van der Waals surface area contributed by atoms with Gasteiger partial charge in [0.1, 0.15) is 0 Å². The monoisotopic (exact) mass is 245 g/mol. The second kappa shape index (κ2) is 6.97. The summed E-state index contributed by atoms with van der Waals surface area (Å²) in [6.45, 7) is 2.98. The molecule has 1 fully saturated rings. The third-order valence-corrected chi connectivity index (χ3v) is 3.27. The van der Waals surface area contributed by atoms with Crippen molar-refractivity contribution < 1.29 is 4.74 Å². The summed E-state index contributed by atoms with van der Waals surface area (Å²) >= 11 is 0. The number of nitriles is 1. The highest BCUT2D eigenvalue weighted by Gasteiger charge is 2.12. The molecule has 1 N–H and O–H groups in total. The van der Waals surface area contributed by atoms with Gasteiger partial charge in [-0.25, -0.2) is 4.98 Å². The van der Waals surface area contributed by atoms with Crippen LogP contribution < -0.4 is 10.1 Å². The first-order valence-electron chi connectivity index (χ1n) is 6.58. The predicted molar refractivity (Wildman–Crippen MR) is 69.3 cm³/mol. The van der Waals surface area contributed by atoms with E-state index in [0.717, 1.165) is 25.4 Å². The molecule has 1 aromatic heterocycles. The lowest BCUT2D eigenvalue weighted by Gasteiger charge is -2.22. The smallest absolute Gasteiger partial charge is 0.214 e. The van der Waals surface area contributed by atoms with Gasteiger partial charge in [-0.2, -0.15) is 5.26 Å². The van der Waals surface area contributed by atoms with Crippen LogP contribution in [0.5, 0.6) is 5.88 Å². The summed E-state index contributed by atoms with van der Waals surface area (Å²) in [6.07, 6.45) is 6.47. The second-order valence-electron chi connectivity index (χ2n) is 4.70. The van der Waals surface area contributed by atoms with Crippen molar-refractivity contribution in [2.45, 2.75) is 25.7 Å². The number of hydrogen-bond acceptors (Lipinski definition) is 4. The van der Waals surface area contributed by atoms with Gasteiger partial charge in [0.2, 0.25) is 5.88 Å². The van der Waals surface area contributed by atoms with Crippen molar-refractivity contribution >= 4 is 0 Å². The molecule has 0 aromatic carbocycles. The molecule has 0 saturated carbocycles. The lowest BCUT2D eigenvalue weighted by Crippen LogP contribution is -2.29. The highest BCUT2D eigenvalue weighted by molar-refractivity contribution is 5.31. The van der Waals surface area contributed by atoms with Crippen LogP contribution in [0, 0.1) is 17.2 Å². The molecular weight excluding hydrogens is 226 g/mol. The standard InChI is InChI=1S/C14H19N3O/c15-10-13-5-7-17-14(9-13)18-8-2-4-12-3-1-6-16-11-12/h5,7,9,12,16H,1-4,6,8,11H2/t12-/m0/s1. The second-order valence-corrected chi connectivity index (χ2v) is 4.70. The van der Waals surface area contributed by atoms with Gasteiger partial charge < -0.3 is 10.1 Å². The van der Waals surface area contributed by atoms with E-state index in [0.29, 0.717) is 18.1 Å². The number of nitrogens with zero attached hydrogens (tertiary/aromatic N) is 2. The molecule has 4 heteroatoms. The molecule has 1 saturated heterocycles. The summed E-state index contributed by atoms with van der Waals surface area (Å²) in [5, 5.41) is 12.2. The number of pyridine rings is 1. The molecule has 0 bridgehead atoms. The maximum absolute atomic E-state index is 8.76. The van der Waals surface area contributed by atoms with Crippen LogP contribution in [0.15, 0.2) is 18.3 Å². The summed E-state index contributed by atoms with van der Waals surface area (Å²) in [5.74, 6) is 1.34. The third kappa shape index (κ3) is 4.01. The minimum absolute atomic E-state index is 0.552. The summed E-state index contributed by atoms with van der Waals surface area (Å²) < 4.78 is 5.56. The minimum Gasteiger partial charge on any atom is -0.478 e. The van der Waals surface area contributed by atoms with Crippen LogP contribution >= 0.6 is 0 Å². The molecule has 0 amide bonds. The Morgan fingerprint density at radius 3 is 3.28 bits per heavy atom. The molecule has 0 aliphatic carbocycles. The molecule has 18 heavy (non-hydrogen) atoms. The zero-order chi connectivity index (χ0) is 12.6. The molecule has 0 spiro atoms.